The summed E-state index contributed by atoms with van der Waals surface area (Å²) in [5, 5.41) is 11.9. The first-order valence-corrected chi connectivity index (χ1v) is 5.71. The van der Waals surface area contributed by atoms with Crippen LogP contribution in [0.5, 0.6) is 0 Å². The Morgan fingerprint density at radius 3 is 3.25 bits per heavy atom. The highest BCUT2D eigenvalue weighted by Gasteiger charge is 2.26. The number of hydrogen-bond acceptors (Lipinski definition) is 3. The van der Waals surface area contributed by atoms with Gasteiger partial charge in [0.25, 0.3) is 0 Å². The van der Waals surface area contributed by atoms with Gasteiger partial charge in [0.2, 0.25) is 0 Å². The van der Waals surface area contributed by atoms with Crippen LogP contribution in [0.25, 0.3) is 0 Å². The molecule has 0 amide bonds. The van der Waals surface area contributed by atoms with E-state index in [-0.39, 0.29) is 0 Å². The number of nitrogens with zero attached hydrogens (tertiary/aromatic N) is 2. The van der Waals surface area contributed by atoms with Crippen molar-refractivity contribution in [2.75, 3.05) is 0 Å². The second kappa shape index (κ2) is 4.65. The summed E-state index contributed by atoms with van der Waals surface area (Å²) in [4.78, 5) is 15.1. The number of fused-ring (bicyclic) bond motifs is 1. The molecule has 1 aromatic rings. The number of unbranched alkanes of at least 4 members (excludes halogenated alkanes) is 1. The van der Waals surface area contributed by atoms with E-state index in [1.807, 2.05) is 6.33 Å². The van der Waals surface area contributed by atoms with E-state index >= 15 is 0 Å². The predicted molar refractivity (Wildman–Crippen MR) is 59.1 cm³/mol. The molecule has 0 radical (unpaired) electrons. The fourth-order valence-electron chi connectivity index (χ4n) is 2.00. The molecule has 2 rings (SSSR count). The van der Waals surface area contributed by atoms with Gasteiger partial charge in [-0.05, 0) is 6.42 Å². The molecular formula is C11H17N3O2. The number of carboxylic acid groups (broad SMARTS) is 1. The SMILES string of the molecule is CCCCn1cnc2c1CNC(C(=O)O)C2. The van der Waals surface area contributed by atoms with E-state index in [2.05, 4.69) is 21.8 Å². The first-order valence-electron chi connectivity index (χ1n) is 5.71. The Labute approximate surface area is 94.5 Å². The van der Waals surface area contributed by atoms with Gasteiger partial charge in [-0.25, -0.2) is 4.98 Å². The standard InChI is InChI=1S/C11H17N3O2/c1-2-3-4-14-7-13-8-5-9(11(15)16)12-6-10(8)14/h7,9,12H,2-6H2,1H3,(H,15,16). The lowest BCUT2D eigenvalue weighted by Crippen LogP contribution is -2.42. The largest absolute Gasteiger partial charge is 0.480 e. The number of carboxylic acids is 1. The molecular weight excluding hydrogens is 206 g/mol. The third-order valence-electron chi connectivity index (χ3n) is 3.00. The molecule has 0 aliphatic carbocycles. The molecule has 0 saturated carbocycles. The van der Waals surface area contributed by atoms with Gasteiger partial charge >= 0.3 is 5.97 Å². The Balaban J connectivity index is 2.10. The van der Waals surface area contributed by atoms with Gasteiger partial charge in [-0.3, -0.25) is 10.1 Å². The zero-order valence-corrected chi connectivity index (χ0v) is 9.44. The number of aromatic nitrogens is 2. The van der Waals surface area contributed by atoms with Crippen molar-refractivity contribution in [2.24, 2.45) is 0 Å². The third-order valence-corrected chi connectivity index (χ3v) is 3.00. The molecule has 16 heavy (non-hydrogen) atoms. The van der Waals surface area contributed by atoms with Crippen LogP contribution in [-0.4, -0.2) is 26.7 Å². The highest BCUT2D eigenvalue weighted by molar-refractivity contribution is 5.74. The summed E-state index contributed by atoms with van der Waals surface area (Å²) in [7, 11) is 0. The second-order valence-corrected chi connectivity index (χ2v) is 4.16. The van der Waals surface area contributed by atoms with Crippen LogP contribution >= 0.6 is 0 Å². The summed E-state index contributed by atoms with van der Waals surface area (Å²) in [6, 6.07) is -0.484. The summed E-state index contributed by atoms with van der Waals surface area (Å²) < 4.78 is 2.13. The topological polar surface area (TPSA) is 67.2 Å². The van der Waals surface area contributed by atoms with Crippen LogP contribution in [0.3, 0.4) is 0 Å². The van der Waals surface area contributed by atoms with E-state index < -0.39 is 12.0 Å². The quantitative estimate of drug-likeness (QED) is 0.791. The van der Waals surface area contributed by atoms with Gasteiger partial charge in [0.05, 0.1) is 17.7 Å². The molecule has 2 heterocycles. The summed E-state index contributed by atoms with van der Waals surface area (Å²) in [5.41, 5.74) is 2.08. The summed E-state index contributed by atoms with van der Waals surface area (Å²) in [6.45, 7) is 3.73. The van der Waals surface area contributed by atoms with E-state index in [0.29, 0.717) is 13.0 Å². The summed E-state index contributed by atoms with van der Waals surface area (Å²) in [5.74, 6) is -0.797. The fraction of sp³-hybridized carbons (Fsp3) is 0.636. The Morgan fingerprint density at radius 1 is 1.75 bits per heavy atom. The molecule has 0 fully saturated rings. The van der Waals surface area contributed by atoms with Crippen molar-refractivity contribution in [1.29, 1.82) is 0 Å². The molecule has 0 bridgehead atoms. The van der Waals surface area contributed by atoms with Crippen molar-refractivity contribution in [3.05, 3.63) is 17.7 Å². The lowest BCUT2D eigenvalue weighted by atomic mass is 10.1. The average Bonchev–Trinajstić information content (AvgIpc) is 2.68. The van der Waals surface area contributed by atoms with Crippen LogP contribution in [0.15, 0.2) is 6.33 Å². The van der Waals surface area contributed by atoms with Crippen molar-refractivity contribution in [3.63, 3.8) is 0 Å². The molecule has 1 aliphatic rings. The highest BCUT2D eigenvalue weighted by atomic mass is 16.4. The van der Waals surface area contributed by atoms with E-state index in [4.69, 9.17) is 5.11 Å². The summed E-state index contributed by atoms with van der Waals surface area (Å²) in [6.07, 6.45) is 4.60. The minimum Gasteiger partial charge on any atom is -0.480 e. The van der Waals surface area contributed by atoms with E-state index in [9.17, 15) is 4.79 Å². The van der Waals surface area contributed by atoms with Crippen LogP contribution < -0.4 is 5.32 Å². The number of aryl methyl sites for hydroxylation is 1. The Morgan fingerprint density at radius 2 is 2.56 bits per heavy atom. The van der Waals surface area contributed by atoms with Crippen LogP contribution in [0.2, 0.25) is 0 Å². The molecule has 1 unspecified atom stereocenters. The smallest absolute Gasteiger partial charge is 0.321 e. The Bertz CT molecular complexity index is 387. The predicted octanol–water partition coefficient (Wildman–Crippen LogP) is 0.782. The Hall–Kier alpha value is -1.36. The van der Waals surface area contributed by atoms with Gasteiger partial charge in [0.15, 0.2) is 0 Å². The van der Waals surface area contributed by atoms with Crippen molar-refractivity contribution in [2.45, 2.75) is 45.3 Å². The molecule has 5 heteroatoms. The first-order chi connectivity index (χ1) is 7.72. The molecule has 1 atom stereocenters. The van der Waals surface area contributed by atoms with Gasteiger partial charge < -0.3 is 9.67 Å². The second-order valence-electron chi connectivity index (χ2n) is 4.16. The molecule has 88 valence electrons. The number of imidazole rings is 1. The van der Waals surface area contributed by atoms with Crippen LogP contribution in [0, 0.1) is 0 Å². The maximum atomic E-state index is 10.8. The molecule has 0 aromatic carbocycles. The van der Waals surface area contributed by atoms with E-state index in [0.717, 1.165) is 30.8 Å². The average molecular weight is 223 g/mol. The van der Waals surface area contributed by atoms with Gasteiger partial charge in [-0.2, -0.15) is 0 Å². The number of rotatable bonds is 4. The van der Waals surface area contributed by atoms with E-state index in [1.165, 1.54) is 0 Å². The summed E-state index contributed by atoms with van der Waals surface area (Å²) >= 11 is 0. The monoisotopic (exact) mass is 223 g/mol. The van der Waals surface area contributed by atoms with Gasteiger partial charge in [0, 0.05) is 19.5 Å². The molecule has 5 nitrogen and oxygen atoms in total. The molecule has 1 aliphatic heterocycles. The lowest BCUT2D eigenvalue weighted by Gasteiger charge is -2.21. The zero-order valence-electron chi connectivity index (χ0n) is 9.44. The number of hydrogen-bond donors (Lipinski definition) is 2. The minimum absolute atomic E-state index is 0.484. The van der Waals surface area contributed by atoms with Crippen LogP contribution in [0.1, 0.15) is 31.2 Å². The van der Waals surface area contributed by atoms with Crippen molar-refractivity contribution < 1.29 is 9.90 Å². The van der Waals surface area contributed by atoms with Crippen molar-refractivity contribution >= 4 is 5.97 Å². The Kier molecular flexibility index (Phi) is 3.24. The van der Waals surface area contributed by atoms with Crippen LogP contribution in [-0.2, 0) is 24.3 Å². The maximum absolute atomic E-state index is 10.8. The van der Waals surface area contributed by atoms with Gasteiger partial charge in [0.1, 0.15) is 6.04 Å². The van der Waals surface area contributed by atoms with Crippen molar-refractivity contribution in [3.8, 4) is 0 Å². The lowest BCUT2D eigenvalue weighted by molar-refractivity contribution is -0.139. The highest BCUT2D eigenvalue weighted by Crippen LogP contribution is 2.16. The third kappa shape index (κ3) is 2.09. The molecule has 1 aromatic heterocycles. The van der Waals surface area contributed by atoms with Gasteiger partial charge in [-0.1, -0.05) is 13.3 Å². The normalized spacial score (nSPS) is 19.4. The maximum Gasteiger partial charge on any atom is 0.321 e. The number of carbonyl (C=O) groups is 1. The zero-order chi connectivity index (χ0) is 11.5. The van der Waals surface area contributed by atoms with Crippen LogP contribution in [0.4, 0.5) is 0 Å². The minimum atomic E-state index is -0.797. The van der Waals surface area contributed by atoms with Crippen molar-refractivity contribution in [1.82, 2.24) is 14.9 Å². The number of aliphatic carboxylic acids is 1. The van der Waals surface area contributed by atoms with E-state index in [1.54, 1.807) is 0 Å². The molecule has 0 spiro atoms. The first kappa shape index (κ1) is 11.1. The fourth-order valence-corrected chi connectivity index (χ4v) is 2.00. The molecule has 0 saturated heterocycles. The number of nitrogens with one attached hydrogen (secondary N) is 1. The van der Waals surface area contributed by atoms with Gasteiger partial charge in [-0.15, -0.1) is 0 Å². The molecule has 2 N–H and O–H groups in total.